The maximum atomic E-state index is 12.1. The molecular weight excluding hydrogens is 308 g/mol. The van der Waals surface area contributed by atoms with Gasteiger partial charge in [-0.25, -0.2) is 9.78 Å². The van der Waals surface area contributed by atoms with E-state index in [2.05, 4.69) is 15.0 Å². The molecule has 0 spiro atoms. The SMILES string of the molecule is COC(=O)c1ccc(NC(=O)Cc2ccc3nc(C)oc3c2)cc1. The molecule has 122 valence electrons. The van der Waals surface area contributed by atoms with Crippen molar-refractivity contribution in [3.05, 3.63) is 59.5 Å². The van der Waals surface area contributed by atoms with E-state index in [1.807, 2.05) is 18.2 Å². The molecule has 0 aliphatic carbocycles. The van der Waals surface area contributed by atoms with E-state index in [9.17, 15) is 9.59 Å². The molecule has 6 heteroatoms. The normalized spacial score (nSPS) is 10.6. The standard InChI is InChI=1S/C18H16N2O4/c1-11-19-15-8-3-12(9-16(15)24-11)10-17(21)20-14-6-4-13(5-7-14)18(22)23-2/h3-9H,10H2,1-2H3,(H,20,21). The number of anilines is 1. The predicted octanol–water partition coefficient (Wildman–Crippen LogP) is 3.10. The minimum atomic E-state index is -0.413. The number of esters is 1. The Morgan fingerprint density at radius 3 is 2.62 bits per heavy atom. The van der Waals surface area contributed by atoms with Gasteiger partial charge in [0.1, 0.15) is 5.52 Å². The molecule has 0 fully saturated rings. The summed E-state index contributed by atoms with van der Waals surface area (Å²) in [6.45, 7) is 1.78. The lowest BCUT2D eigenvalue weighted by molar-refractivity contribution is -0.115. The number of carbonyl (C=O) groups is 2. The van der Waals surface area contributed by atoms with Crippen LogP contribution in [0.1, 0.15) is 21.8 Å². The molecule has 1 aromatic heterocycles. The Kier molecular flexibility index (Phi) is 4.29. The fourth-order valence-corrected chi connectivity index (χ4v) is 2.39. The number of nitrogens with zero attached hydrogens (tertiary/aromatic N) is 1. The van der Waals surface area contributed by atoms with Crippen LogP contribution in [0.5, 0.6) is 0 Å². The molecule has 0 saturated heterocycles. The van der Waals surface area contributed by atoms with Crippen molar-refractivity contribution in [1.29, 1.82) is 0 Å². The number of nitrogens with one attached hydrogen (secondary N) is 1. The minimum absolute atomic E-state index is 0.156. The number of fused-ring (bicyclic) bond motifs is 1. The monoisotopic (exact) mass is 324 g/mol. The summed E-state index contributed by atoms with van der Waals surface area (Å²) in [5.41, 5.74) is 3.32. The summed E-state index contributed by atoms with van der Waals surface area (Å²) in [6.07, 6.45) is 0.217. The first-order valence-electron chi connectivity index (χ1n) is 7.39. The molecule has 2 aromatic carbocycles. The van der Waals surface area contributed by atoms with Gasteiger partial charge in [0, 0.05) is 12.6 Å². The highest BCUT2D eigenvalue weighted by Crippen LogP contribution is 2.18. The molecule has 0 bridgehead atoms. The Morgan fingerprint density at radius 2 is 1.92 bits per heavy atom. The van der Waals surface area contributed by atoms with Gasteiger partial charge in [-0.2, -0.15) is 0 Å². The number of hydrogen-bond acceptors (Lipinski definition) is 5. The van der Waals surface area contributed by atoms with Crippen LogP contribution >= 0.6 is 0 Å². The zero-order valence-corrected chi connectivity index (χ0v) is 13.3. The van der Waals surface area contributed by atoms with Crippen molar-refractivity contribution in [2.75, 3.05) is 12.4 Å². The summed E-state index contributed by atoms with van der Waals surface area (Å²) in [6, 6.07) is 12.0. The van der Waals surface area contributed by atoms with Crippen molar-refractivity contribution < 1.29 is 18.7 Å². The van der Waals surface area contributed by atoms with Gasteiger partial charge < -0.3 is 14.5 Å². The molecule has 0 saturated carbocycles. The van der Waals surface area contributed by atoms with Gasteiger partial charge in [-0.15, -0.1) is 0 Å². The number of aryl methyl sites for hydroxylation is 1. The average Bonchev–Trinajstić information content (AvgIpc) is 2.94. The van der Waals surface area contributed by atoms with Crippen LogP contribution in [0.4, 0.5) is 5.69 Å². The molecule has 1 heterocycles. The summed E-state index contributed by atoms with van der Waals surface area (Å²) in [5.74, 6) is 0.0252. The zero-order valence-electron chi connectivity index (χ0n) is 13.3. The van der Waals surface area contributed by atoms with Gasteiger partial charge in [-0.05, 0) is 42.0 Å². The first-order valence-corrected chi connectivity index (χ1v) is 7.39. The Balaban J connectivity index is 1.66. The fourth-order valence-electron chi connectivity index (χ4n) is 2.39. The van der Waals surface area contributed by atoms with Crippen molar-refractivity contribution in [3.8, 4) is 0 Å². The van der Waals surface area contributed by atoms with Gasteiger partial charge >= 0.3 is 5.97 Å². The highest BCUT2D eigenvalue weighted by molar-refractivity contribution is 5.94. The topological polar surface area (TPSA) is 81.4 Å². The van der Waals surface area contributed by atoms with Crippen molar-refractivity contribution >= 4 is 28.7 Å². The zero-order chi connectivity index (χ0) is 17.1. The molecule has 24 heavy (non-hydrogen) atoms. The number of carbonyl (C=O) groups excluding carboxylic acids is 2. The largest absolute Gasteiger partial charge is 0.465 e. The molecule has 3 rings (SSSR count). The molecule has 1 N–H and O–H groups in total. The van der Waals surface area contributed by atoms with Gasteiger partial charge in [-0.1, -0.05) is 6.07 Å². The van der Waals surface area contributed by atoms with E-state index in [0.717, 1.165) is 11.1 Å². The Labute approximate surface area is 138 Å². The number of amides is 1. The van der Waals surface area contributed by atoms with Crippen molar-refractivity contribution in [1.82, 2.24) is 4.98 Å². The van der Waals surface area contributed by atoms with Crippen molar-refractivity contribution in [2.24, 2.45) is 0 Å². The van der Waals surface area contributed by atoms with Crippen LogP contribution < -0.4 is 5.32 Å². The van der Waals surface area contributed by atoms with Crippen molar-refractivity contribution in [2.45, 2.75) is 13.3 Å². The number of ether oxygens (including phenoxy) is 1. The summed E-state index contributed by atoms with van der Waals surface area (Å²) < 4.78 is 10.1. The van der Waals surface area contributed by atoms with Crippen LogP contribution in [0.25, 0.3) is 11.1 Å². The molecule has 6 nitrogen and oxygen atoms in total. The molecule has 0 atom stereocenters. The van der Waals surface area contributed by atoms with Gasteiger partial charge in [0.25, 0.3) is 0 Å². The van der Waals surface area contributed by atoms with Crippen LogP contribution in [0.3, 0.4) is 0 Å². The van der Waals surface area contributed by atoms with Gasteiger partial charge in [0.05, 0.1) is 19.1 Å². The molecule has 3 aromatic rings. The molecule has 0 aliphatic rings. The second-order valence-electron chi connectivity index (χ2n) is 5.33. The highest BCUT2D eigenvalue weighted by atomic mass is 16.5. The third-order valence-corrected chi connectivity index (χ3v) is 3.51. The number of hydrogen-bond donors (Lipinski definition) is 1. The van der Waals surface area contributed by atoms with E-state index in [1.54, 1.807) is 31.2 Å². The van der Waals surface area contributed by atoms with Crippen LogP contribution in [0, 0.1) is 6.92 Å². The quantitative estimate of drug-likeness (QED) is 0.746. The summed E-state index contributed by atoms with van der Waals surface area (Å²) >= 11 is 0. The number of benzene rings is 2. The van der Waals surface area contributed by atoms with Crippen LogP contribution in [-0.4, -0.2) is 24.0 Å². The lowest BCUT2D eigenvalue weighted by Crippen LogP contribution is -2.14. The van der Waals surface area contributed by atoms with Gasteiger partial charge in [0.15, 0.2) is 11.5 Å². The van der Waals surface area contributed by atoms with E-state index in [1.165, 1.54) is 7.11 Å². The highest BCUT2D eigenvalue weighted by Gasteiger charge is 2.09. The molecular formula is C18H16N2O4. The second-order valence-corrected chi connectivity index (χ2v) is 5.33. The second kappa shape index (κ2) is 6.54. The molecule has 1 amide bonds. The Hall–Kier alpha value is -3.15. The van der Waals surface area contributed by atoms with Crippen molar-refractivity contribution in [3.63, 3.8) is 0 Å². The van der Waals surface area contributed by atoms with E-state index in [-0.39, 0.29) is 12.3 Å². The molecule has 0 unspecified atom stereocenters. The lowest BCUT2D eigenvalue weighted by Gasteiger charge is -2.06. The number of aromatic nitrogens is 1. The third-order valence-electron chi connectivity index (χ3n) is 3.51. The minimum Gasteiger partial charge on any atom is -0.465 e. The number of rotatable bonds is 4. The average molecular weight is 324 g/mol. The maximum absolute atomic E-state index is 12.1. The molecule has 0 aliphatic heterocycles. The van der Waals surface area contributed by atoms with Gasteiger partial charge in [0.2, 0.25) is 5.91 Å². The third kappa shape index (κ3) is 3.43. The van der Waals surface area contributed by atoms with E-state index in [0.29, 0.717) is 22.7 Å². The van der Waals surface area contributed by atoms with E-state index in [4.69, 9.17) is 4.42 Å². The lowest BCUT2D eigenvalue weighted by atomic mass is 10.1. The molecule has 0 radical (unpaired) electrons. The predicted molar refractivity (Wildman–Crippen MR) is 88.9 cm³/mol. The van der Waals surface area contributed by atoms with E-state index < -0.39 is 5.97 Å². The number of oxazole rings is 1. The summed E-state index contributed by atoms with van der Waals surface area (Å²) in [7, 11) is 1.32. The first kappa shape index (κ1) is 15.7. The Bertz CT molecular complexity index is 897. The Morgan fingerprint density at radius 1 is 1.17 bits per heavy atom. The summed E-state index contributed by atoms with van der Waals surface area (Å²) in [5, 5.41) is 2.79. The van der Waals surface area contributed by atoms with Gasteiger partial charge in [-0.3, -0.25) is 4.79 Å². The van der Waals surface area contributed by atoms with Crippen LogP contribution in [0.2, 0.25) is 0 Å². The van der Waals surface area contributed by atoms with Crippen LogP contribution in [-0.2, 0) is 16.0 Å². The number of methoxy groups -OCH3 is 1. The van der Waals surface area contributed by atoms with E-state index >= 15 is 0 Å². The van der Waals surface area contributed by atoms with Crippen LogP contribution in [0.15, 0.2) is 46.9 Å². The first-order chi connectivity index (χ1) is 11.5. The fraction of sp³-hybridized carbons (Fsp3) is 0.167. The smallest absolute Gasteiger partial charge is 0.337 e. The summed E-state index contributed by atoms with van der Waals surface area (Å²) in [4.78, 5) is 27.7. The maximum Gasteiger partial charge on any atom is 0.337 e.